The number of amides is 1. The molecule has 3 aromatic rings. The van der Waals surface area contributed by atoms with Crippen molar-refractivity contribution < 1.29 is 14.7 Å². The third-order valence-corrected chi connectivity index (χ3v) is 5.80. The van der Waals surface area contributed by atoms with Gasteiger partial charge in [0.25, 0.3) is 5.91 Å². The molecular formula is C23H15BrN2O3S. The number of carbonyl (C=O) groups is 2. The van der Waals surface area contributed by atoms with Crippen molar-refractivity contribution in [1.29, 1.82) is 0 Å². The normalized spacial score (nSPS) is 16.4. The van der Waals surface area contributed by atoms with Crippen molar-refractivity contribution in [2.75, 3.05) is 4.90 Å². The number of thioether (sulfide) groups is 1. The lowest BCUT2D eigenvalue weighted by atomic mass is 10.2. The first-order valence-corrected chi connectivity index (χ1v) is 10.6. The smallest absolute Gasteiger partial charge is 0.335 e. The van der Waals surface area contributed by atoms with E-state index in [0.29, 0.717) is 21.4 Å². The van der Waals surface area contributed by atoms with Crippen LogP contribution >= 0.6 is 27.7 Å². The fourth-order valence-corrected chi connectivity index (χ4v) is 4.15. The molecule has 1 aliphatic heterocycles. The quantitative estimate of drug-likeness (QED) is 0.469. The van der Waals surface area contributed by atoms with Gasteiger partial charge < -0.3 is 5.11 Å². The highest BCUT2D eigenvalue weighted by Crippen LogP contribution is 2.37. The Kier molecular flexibility index (Phi) is 5.83. The van der Waals surface area contributed by atoms with Crippen LogP contribution < -0.4 is 4.90 Å². The van der Waals surface area contributed by atoms with Crippen LogP contribution in [0.1, 0.15) is 15.9 Å². The zero-order chi connectivity index (χ0) is 21.1. The molecule has 3 aromatic carbocycles. The van der Waals surface area contributed by atoms with E-state index >= 15 is 0 Å². The molecule has 0 saturated carbocycles. The third-order valence-electron chi connectivity index (χ3n) is 4.31. The van der Waals surface area contributed by atoms with Crippen molar-refractivity contribution in [1.82, 2.24) is 0 Å². The maximum absolute atomic E-state index is 13.2. The lowest BCUT2D eigenvalue weighted by Gasteiger charge is -2.15. The molecule has 0 atom stereocenters. The summed E-state index contributed by atoms with van der Waals surface area (Å²) in [6, 6.07) is 23.3. The Labute approximate surface area is 185 Å². The fourth-order valence-electron chi connectivity index (χ4n) is 2.88. The van der Waals surface area contributed by atoms with Gasteiger partial charge in [-0.3, -0.25) is 9.69 Å². The van der Waals surface area contributed by atoms with Gasteiger partial charge in [-0.2, -0.15) is 0 Å². The van der Waals surface area contributed by atoms with Crippen LogP contribution in [0.5, 0.6) is 0 Å². The first-order chi connectivity index (χ1) is 14.5. The van der Waals surface area contributed by atoms with Gasteiger partial charge in [0.15, 0.2) is 5.17 Å². The van der Waals surface area contributed by atoms with Gasteiger partial charge in [-0.05, 0) is 65.9 Å². The highest BCUT2D eigenvalue weighted by atomic mass is 79.9. The minimum atomic E-state index is -1.03. The Morgan fingerprint density at radius 1 is 1.00 bits per heavy atom. The Bertz CT molecular complexity index is 1170. The number of carboxylic acids is 1. The molecule has 0 aromatic heterocycles. The number of amidine groups is 1. The Morgan fingerprint density at radius 2 is 1.73 bits per heavy atom. The van der Waals surface area contributed by atoms with E-state index in [4.69, 9.17) is 0 Å². The summed E-state index contributed by atoms with van der Waals surface area (Å²) in [6.07, 6.45) is 1.82. The number of carboxylic acid groups (broad SMARTS) is 1. The lowest BCUT2D eigenvalue weighted by Crippen LogP contribution is -2.28. The third kappa shape index (κ3) is 4.37. The number of halogens is 1. The number of hydrogen-bond donors (Lipinski definition) is 1. The van der Waals surface area contributed by atoms with Crippen molar-refractivity contribution >= 4 is 62.2 Å². The molecule has 0 aliphatic carbocycles. The highest BCUT2D eigenvalue weighted by Gasteiger charge is 2.34. The molecule has 5 nitrogen and oxygen atoms in total. The maximum Gasteiger partial charge on any atom is 0.335 e. The van der Waals surface area contributed by atoms with Crippen LogP contribution in [-0.2, 0) is 4.79 Å². The maximum atomic E-state index is 13.2. The first kappa shape index (κ1) is 20.1. The summed E-state index contributed by atoms with van der Waals surface area (Å²) in [6.45, 7) is 0. The number of rotatable bonds is 4. The number of nitrogens with zero attached hydrogens (tertiary/aromatic N) is 2. The fraction of sp³-hybridized carbons (Fsp3) is 0. The predicted molar refractivity (Wildman–Crippen MR) is 124 cm³/mol. The second-order valence-corrected chi connectivity index (χ2v) is 8.31. The van der Waals surface area contributed by atoms with Gasteiger partial charge in [0.2, 0.25) is 0 Å². The molecule has 1 saturated heterocycles. The van der Waals surface area contributed by atoms with Crippen molar-refractivity contribution in [2.45, 2.75) is 0 Å². The summed E-state index contributed by atoms with van der Waals surface area (Å²) in [7, 11) is 0. The average Bonchev–Trinajstić information content (AvgIpc) is 3.05. The average molecular weight is 479 g/mol. The topological polar surface area (TPSA) is 70.0 Å². The Morgan fingerprint density at radius 3 is 2.43 bits per heavy atom. The van der Waals surface area contributed by atoms with Gasteiger partial charge in [0, 0.05) is 4.47 Å². The number of aromatic carboxylic acids is 1. The number of anilines is 1. The van der Waals surface area contributed by atoms with Crippen LogP contribution in [0.25, 0.3) is 6.08 Å². The van der Waals surface area contributed by atoms with E-state index in [2.05, 4.69) is 20.9 Å². The Balaban J connectivity index is 1.77. The standard InChI is InChI=1S/C23H15BrN2O3S/c24-17-11-9-15(10-12-17)13-20-21(27)26(19-7-2-1-3-8-19)23(30-20)25-18-6-4-5-16(14-18)22(28)29/h1-14H,(H,28,29)/b20-13-,25-23?. The summed E-state index contributed by atoms with van der Waals surface area (Å²) in [5.41, 5.74) is 2.21. The van der Waals surface area contributed by atoms with Gasteiger partial charge in [-0.15, -0.1) is 0 Å². The molecule has 0 unspecified atom stereocenters. The molecule has 1 heterocycles. The second-order valence-electron chi connectivity index (χ2n) is 6.39. The number of carbonyl (C=O) groups excluding carboxylic acids is 1. The molecule has 0 radical (unpaired) electrons. The van der Waals surface area contributed by atoms with E-state index in [-0.39, 0.29) is 11.5 Å². The number of para-hydroxylation sites is 1. The molecule has 1 fully saturated rings. The molecule has 1 N–H and O–H groups in total. The molecule has 0 bridgehead atoms. The van der Waals surface area contributed by atoms with E-state index < -0.39 is 5.97 Å². The van der Waals surface area contributed by atoms with Crippen molar-refractivity contribution in [3.63, 3.8) is 0 Å². The first-order valence-electron chi connectivity index (χ1n) is 8.98. The summed E-state index contributed by atoms with van der Waals surface area (Å²) < 4.78 is 0.960. The zero-order valence-electron chi connectivity index (χ0n) is 15.5. The van der Waals surface area contributed by atoms with Crippen LogP contribution in [-0.4, -0.2) is 22.2 Å². The van der Waals surface area contributed by atoms with Gasteiger partial charge >= 0.3 is 5.97 Å². The van der Waals surface area contributed by atoms with Crippen LogP contribution in [0.2, 0.25) is 0 Å². The van der Waals surface area contributed by atoms with Gasteiger partial charge in [-0.1, -0.05) is 52.3 Å². The van der Waals surface area contributed by atoms with E-state index in [1.165, 1.54) is 23.9 Å². The van der Waals surface area contributed by atoms with Gasteiger partial charge in [-0.25, -0.2) is 9.79 Å². The minimum Gasteiger partial charge on any atom is -0.478 e. The summed E-state index contributed by atoms with van der Waals surface area (Å²) in [5, 5.41) is 9.71. The van der Waals surface area contributed by atoms with Crippen molar-refractivity contribution in [3.05, 3.63) is 99.4 Å². The number of hydrogen-bond acceptors (Lipinski definition) is 4. The van der Waals surface area contributed by atoms with Crippen LogP contribution in [0.3, 0.4) is 0 Å². The predicted octanol–water partition coefficient (Wildman–Crippen LogP) is 5.96. The minimum absolute atomic E-state index is 0.142. The zero-order valence-corrected chi connectivity index (χ0v) is 17.9. The molecule has 0 spiro atoms. The van der Waals surface area contributed by atoms with E-state index in [1.54, 1.807) is 17.0 Å². The summed E-state index contributed by atoms with van der Waals surface area (Å²) in [5.74, 6) is -1.20. The van der Waals surface area contributed by atoms with Gasteiger partial charge in [0.1, 0.15) is 0 Å². The summed E-state index contributed by atoms with van der Waals surface area (Å²) in [4.78, 5) is 31.2. The molecule has 30 heavy (non-hydrogen) atoms. The molecular weight excluding hydrogens is 464 g/mol. The SMILES string of the molecule is O=C(O)c1cccc(N=C2S/C(=C\c3ccc(Br)cc3)C(=O)N2c2ccccc2)c1. The van der Waals surface area contributed by atoms with Crippen LogP contribution in [0.4, 0.5) is 11.4 Å². The van der Waals surface area contributed by atoms with E-state index in [1.807, 2.05) is 60.7 Å². The Hall–Kier alpha value is -3.16. The number of aliphatic imine (C=N–C) groups is 1. The molecule has 4 rings (SSSR count). The highest BCUT2D eigenvalue weighted by molar-refractivity contribution is 9.10. The van der Waals surface area contributed by atoms with Crippen LogP contribution in [0.15, 0.2) is 93.2 Å². The monoisotopic (exact) mass is 478 g/mol. The van der Waals surface area contributed by atoms with Crippen molar-refractivity contribution in [3.8, 4) is 0 Å². The van der Waals surface area contributed by atoms with Gasteiger partial charge in [0.05, 0.1) is 21.8 Å². The molecule has 7 heteroatoms. The van der Waals surface area contributed by atoms with E-state index in [9.17, 15) is 14.7 Å². The largest absolute Gasteiger partial charge is 0.478 e. The van der Waals surface area contributed by atoms with Crippen LogP contribution in [0, 0.1) is 0 Å². The second kappa shape index (κ2) is 8.69. The summed E-state index contributed by atoms with van der Waals surface area (Å²) >= 11 is 4.67. The molecule has 1 amide bonds. The lowest BCUT2D eigenvalue weighted by molar-refractivity contribution is -0.113. The molecule has 148 valence electrons. The van der Waals surface area contributed by atoms with Crippen molar-refractivity contribution in [2.24, 2.45) is 4.99 Å². The molecule has 1 aliphatic rings. The van der Waals surface area contributed by atoms with E-state index in [0.717, 1.165) is 10.0 Å². The number of benzene rings is 3.